The number of amides is 1. The molecule has 0 aliphatic carbocycles. The zero-order valence-corrected chi connectivity index (χ0v) is 14.0. The van der Waals surface area contributed by atoms with Crippen LogP contribution in [0.4, 0.5) is 0 Å². The largest absolute Gasteiger partial charge is 0.347 e. The SMILES string of the molecule is CC(C)CC(NCc1csc2ccccc12)C(=O)N(C)C. The minimum Gasteiger partial charge on any atom is -0.347 e. The van der Waals surface area contributed by atoms with Gasteiger partial charge in [0.05, 0.1) is 6.04 Å². The number of rotatable bonds is 6. The molecular formula is C17H24N2OS. The number of hydrogen-bond acceptors (Lipinski definition) is 3. The molecule has 0 spiro atoms. The van der Waals surface area contributed by atoms with E-state index in [4.69, 9.17) is 0 Å². The second-order valence-corrected chi connectivity index (χ2v) is 6.96. The molecule has 0 aliphatic rings. The molecule has 0 saturated carbocycles. The van der Waals surface area contributed by atoms with Crippen molar-refractivity contribution in [3.05, 3.63) is 35.2 Å². The lowest BCUT2D eigenvalue weighted by Gasteiger charge is -2.23. The molecule has 114 valence electrons. The van der Waals surface area contributed by atoms with E-state index in [1.165, 1.54) is 15.6 Å². The highest BCUT2D eigenvalue weighted by atomic mass is 32.1. The lowest BCUT2D eigenvalue weighted by atomic mass is 10.0. The lowest BCUT2D eigenvalue weighted by molar-refractivity contribution is -0.131. The number of hydrogen-bond donors (Lipinski definition) is 1. The average Bonchev–Trinajstić information content (AvgIpc) is 2.85. The van der Waals surface area contributed by atoms with Crippen molar-refractivity contribution in [3.63, 3.8) is 0 Å². The van der Waals surface area contributed by atoms with Crippen LogP contribution in [0.1, 0.15) is 25.8 Å². The number of thiophene rings is 1. The van der Waals surface area contributed by atoms with Gasteiger partial charge in [0.15, 0.2) is 0 Å². The summed E-state index contributed by atoms with van der Waals surface area (Å²) in [5, 5.41) is 6.91. The van der Waals surface area contributed by atoms with Gasteiger partial charge < -0.3 is 10.2 Å². The van der Waals surface area contributed by atoms with Crippen LogP contribution >= 0.6 is 11.3 Å². The summed E-state index contributed by atoms with van der Waals surface area (Å²) in [5.74, 6) is 0.647. The van der Waals surface area contributed by atoms with Crippen molar-refractivity contribution in [1.82, 2.24) is 10.2 Å². The Bertz CT molecular complexity index is 604. The van der Waals surface area contributed by atoms with Crippen molar-refractivity contribution < 1.29 is 4.79 Å². The highest BCUT2D eigenvalue weighted by Crippen LogP contribution is 2.25. The van der Waals surface area contributed by atoms with Crippen LogP contribution in [0.15, 0.2) is 29.6 Å². The first kappa shape index (κ1) is 16.0. The van der Waals surface area contributed by atoms with E-state index in [2.05, 4.69) is 48.8 Å². The molecule has 0 saturated heterocycles. The predicted octanol–water partition coefficient (Wildman–Crippen LogP) is 3.49. The van der Waals surface area contributed by atoms with Gasteiger partial charge in [0, 0.05) is 25.3 Å². The quantitative estimate of drug-likeness (QED) is 0.886. The predicted molar refractivity (Wildman–Crippen MR) is 90.6 cm³/mol. The maximum atomic E-state index is 12.3. The molecule has 3 nitrogen and oxygen atoms in total. The topological polar surface area (TPSA) is 32.3 Å². The summed E-state index contributed by atoms with van der Waals surface area (Å²) >= 11 is 1.76. The second kappa shape index (κ2) is 7.05. The van der Waals surface area contributed by atoms with Crippen LogP contribution in [0.25, 0.3) is 10.1 Å². The fourth-order valence-corrected chi connectivity index (χ4v) is 3.42. The third kappa shape index (κ3) is 4.05. The van der Waals surface area contributed by atoms with Crippen LogP contribution in [0, 0.1) is 5.92 Å². The van der Waals surface area contributed by atoms with E-state index >= 15 is 0 Å². The number of nitrogens with one attached hydrogen (secondary N) is 1. The molecule has 1 aromatic heterocycles. The molecule has 0 aliphatic heterocycles. The fraction of sp³-hybridized carbons (Fsp3) is 0.471. The Hall–Kier alpha value is -1.39. The van der Waals surface area contributed by atoms with E-state index < -0.39 is 0 Å². The van der Waals surface area contributed by atoms with Crippen molar-refractivity contribution in [2.75, 3.05) is 14.1 Å². The Balaban J connectivity index is 2.09. The van der Waals surface area contributed by atoms with Gasteiger partial charge in [-0.05, 0) is 34.7 Å². The molecule has 21 heavy (non-hydrogen) atoms. The molecule has 2 rings (SSSR count). The van der Waals surface area contributed by atoms with Crippen LogP contribution in [0.5, 0.6) is 0 Å². The number of fused-ring (bicyclic) bond motifs is 1. The molecule has 4 heteroatoms. The molecule has 1 amide bonds. The summed E-state index contributed by atoms with van der Waals surface area (Å²) in [6.45, 7) is 5.04. The minimum atomic E-state index is -0.112. The minimum absolute atomic E-state index is 0.112. The highest BCUT2D eigenvalue weighted by molar-refractivity contribution is 7.17. The van der Waals surface area contributed by atoms with Crippen LogP contribution in [0.2, 0.25) is 0 Å². The zero-order valence-electron chi connectivity index (χ0n) is 13.2. The molecule has 0 bridgehead atoms. The summed E-state index contributed by atoms with van der Waals surface area (Å²) in [6, 6.07) is 8.30. The Labute approximate surface area is 131 Å². The van der Waals surface area contributed by atoms with E-state index in [-0.39, 0.29) is 11.9 Å². The maximum absolute atomic E-state index is 12.3. The average molecular weight is 304 g/mol. The van der Waals surface area contributed by atoms with Crippen LogP contribution in [-0.4, -0.2) is 30.9 Å². The fourth-order valence-electron chi connectivity index (χ4n) is 2.46. The van der Waals surface area contributed by atoms with E-state index in [0.717, 1.165) is 13.0 Å². The lowest BCUT2D eigenvalue weighted by Crippen LogP contribution is -2.44. The van der Waals surface area contributed by atoms with E-state index in [9.17, 15) is 4.79 Å². The Morgan fingerprint density at radius 1 is 1.29 bits per heavy atom. The third-order valence-corrected chi connectivity index (χ3v) is 4.56. The second-order valence-electron chi connectivity index (χ2n) is 6.05. The molecule has 2 aromatic rings. The van der Waals surface area contributed by atoms with Gasteiger partial charge in [-0.1, -0.05) is 32.0 Å². The van der Waals surface area contributed by atoms with Crippen LogP contribution in [0.3, 0.4) is 0 Å². The standard InChI is InChI=1S/C17H24N2OS/c1-12(2)9-15(17(20)19(3)4)18-10-13-11-21-16-8-6-5-7-14(13)16/h5-8,11-12,15,18H,9-10H2,1-4H3. The molecule has 1 aromatic carbocycles. The Morgan fingerprint density at radius 3 is 2.67 bits per heavy atom. The Morgan fingerprint density at radius 2 is 2.00 bits per heavy atom. The molecule has 0 radical (unpaired) electrons. The molecule has 1 unspecified atom stereocenters. The van der Waals surface area contributed by atoms with E-state index in [0.29, 0.717) is 5.92 Å². The van der Waals surface area contributed by atoms with Gasteiger partial charge in [-0.3, -0.25) is 4.79 Å². The third-order valence-electron chi connectivity index (χ3n) is 3.55. The maximum Gasteiger partial charge on any atom is 0.239 e. The van der Waals surface area contributed by atoms with Gasteiger partial charge in [-0.15, -0.1) is 11.3 Å². The van der Waals surface area contributed by atoms with Gasteiger partial charge in [-0.2, -0.15) is 0 Å². The summed E-state index contributed by atoms with van der Waals surface area (Å²) in [7, 11) is 3.63. The number of carbonyl (C=O) groups excluding carboxylic acids is 1. The molecule has 0 fully saturated rings. The van der Waals surface area contributed by atoms with Gasteiger partial charge in [0.1, 0.15) is 0 Å². The van der Waals surface area contributed by atoms with Gasteiger partial charge >= 0.3 is 0 Å². The number of likely N-dealkylation sites (N-methyl/N-ethyl adjacent to an activating group) is 1. The monoisotopic (exact) mass is 304 g/mol. The number of carbonyl (C=O) groups is 1. The summed E-state index contributed by atoms with van der Waals surface area (Å²) in [6.07, 6.45) is 0.860. The van der Waals surface area contributed by atoms with Crippen molar-refractivity contribution in [2.45, 2.75) is 32.9 Å². The number of nitrogens with zero attached hydrogens (tertiary/aromatic N) is 1. The van der Waals surface area contributed by atoms with E-state index in [1.54, 1.807) is 16.2 Å². The highest BCUT2D eigenvalue weighted by Gasteiger charge is 2.21. The van der Waals surface area contributed by atoms with Gasteiger partial charge in [0.2, 0.25) is 5.91 Å². The first-order valence-corrected chi connectivity index (χ1v) is 8.26. The van der Waals surface area contributed by atoms with Crippen LogP contribution < -0.4 is 5.32 Å². The van der Waals surface area contributed by atoms with Crippen LogP contribution in [-0.2, 0) is 11.3 Å². The molecule has 1 N–H and O–H groups in total. The smallest absolute Gasteiger partial charge is 0.239 e. The van der Waals surface area contributed by atoms with Crippen molar-refractivity contribution in [1.29, 1.82) is 0 Å². The summed E-state index contributed by atoms with van der Waals surface area (Å²) < 4.78 is 1.30. The normalized spacial score (nSPS) is 12.8. The van der Waals surface area contributed by atoms with Crippen molar-refractivity contribution in [2.24, 2.45) is 5.92 Å². The van der Waals surface area contributed by atoms with Crippen molar-refractivity contribution >= 4 is 27.3 Å². The zero-order chi connectivity index (χ0) is 15.4. The Kier molecular flexibility index (Phi) is 5.37. The van der Waals surface area contributed by atoms with Gasteiger partial charge in [0.25, 0.3) is 0 Å². The number of benzene rings is 1. The first-order valence-electron chi connectivity index (χ1n) is 7.38. The van der Waals surface area contributed by atoms with Crippen molar-refractivity contribution in [3.8, 4) is 0 Å². The summed E-state index contributed by atoms with van der Waals surface area (Å²) in [4.78, 5) is 13.9. The molecular weight excluding hydrogens is 280 g/mol. The van der Waals surface area contributed by atoms with Gasteiger partial charge in [-0.25, -0.2) is 0 Å². The van der Waals surface area contributed by atoms with E-state index in [1.807, 2.05) is 14.1 Å². The molecule has 1 heterocycles. The molecule has 1 atom stereocenters. The first-order chi connectivity index (χ1) is 9.99. The summed E-state index contributed by atoms with van der Waals surface area (Å²) in [5.41, 5.74) is 1.27.